The summed E-state index contributed by atoms with van der Waals surface area (Å²) in [4.78, 5) is 28.4. The molecule has 0 radical (unpaired) electrons. The van der Waals surface area contributed by atoms with Crippen molar-refractivity contribution >= 4 is 28.5 Å². The predicted molar refractivity (Wildman–Crippen MR) is 132 cm³/mol. The quantitative estimate of drug-likeness (QED) is 0.556. The molecule has 0 aliphatic carbocycles. The van der Waals surface area contributed by atoms with E-state index in [0.717, 1.165) is 42.5 Å². The molecule has 1 saturated heterocycles. The Labute approximate surface area is 203 Å². The zero-order valence-corrected chi connectivity index (χ0v) is 21.6. The molecule has 0 saturated carbocycles. The number of nitrogens with zero attached hydrogens (tertiary/aromatic N) is 5. The summed E-state index contributed by atoms with van der Waals surface area (Å²) < 4.78 is 25.0. The molecule has 1 unspecified atom stereocenters. The summed E-state index contributed by atoms with van der Waals surface area (Å²) in [5.41, 5.74) is 1.17. The van der Waals surface area contributed by atoms with Crippen LogP contribution in [0.4, 0.5) is 11.8 Å². The van der Waals surface area contributed by atoms with E-state index in [0.29, 0.717) is 49.3 Å². The van der Waals surface area contributed by atoms with E-state index in [1.54, 1.807) is 13.1 Å². The van der Waals surface area contributed by atoms with Gasteiger partial charge in [0, 0.05) is 57.8 Å². The Hall–Kier alpha value is -2.53. The number of ether oxygens (including phenoxy) is 2. The second-order valence-electron chi connectivity index (χ2n) is 7.99. The normalized spacial score (nSPS) is 17.5. The summed E-state index contributed by atoms with van der Waals surface area (Å²) in [6, 6.07) is 0.258. The first-order valence-corrected chi connectivity index (χ1v) is 13.3. The number of hydrogen-bond donors (Lipinski definition) is 1. The maximum Gasteiger partial charge on any atom is 0.358 e. The van der Waals surface area contributed by atoms with Gasteiger partial charge < -0.3 is 24.3 Å². The number of likely N-dealkylation sites (N-methyl/N-ethyl adjacent to an activating group) is 1. The molecule has 0 bridgehead atoms. The summed E-state index contributed by atoms with van der Waals surface area (Å²) in [7, 11) is 0.866. The number of nitrogens with one attached hydrogen (secondary N) is 1. The van der Waals surface area contributed by atoms with E-state index in [2.05, 4.69) is 10.3 Å². The fraction of sp³-hybridized carbons (Fsp3) is 0.652. The highest BCUT2D eigenvalue weighted by Crippen LogP contribution is 2.31. The monoisotopic (exact) mass is 492 g/mol. The summed E-state index contributed by atoms with van der Waals surface area (Å²) in [6.45, 7) is 10.6. The number of anilines is 2. The zero-order valence-electron chi connectivity index (χ0n) is 20.8. The van der Waals surface area contributed by atoms with Crippen molar-refractivity contribution in [2.45, 2.75) is 64.4 Å². The van der Waals surface area contributed by atoms with E-state index in [-0.39, 0.29) is 6.04 Å². The fourth-order valence-electron chi connectivity index (χ4n) is 3.88. The number of carbonyl (C=O) groups is 1. The Morgan fingerprint density at radius 1 is 1.29 bits per heavy atom. The van der Waals surface area contributed by atoms with Crippen LogP contribution in [0.1, 0.15) is 55.6 Å². The minimum Gasteiger partial charge on any atom is -0.461 e. The van der Waals surface area contributed by atoms with Gasteiger partial charge in [-0.15, -0.1) is 0 Å². The van der Waals surface area contributed by atoms with Crippen LogP contribution < -0.4 is 10.2 Å². The van der Waals surface area contributed by atoms with Crippen LogP contribution in [0.3, 0.4) is 0 Å². The molecule has 1 N–H and O–H groups in total. The highest BCUT2D eigenvalue weighted by atomic mass is 32.2. The highest BCUT2D eigenvalue weighted by Gasteiger charge is 2.28. The Kier molecular flexibility index (Phi) is 9.40. The first-order chi connectivity index (χ1) is 16.5. The van der Waals surface area contributed by atoms with Gasteiger partial charge in [0.25, 0.3) is 0 Å². The van der Waals surface area contributed by atoms with Gasteiger partial charge in [0.15, 0.2) is 5.69 Å². The smallest absolute Gasteiger partial charge is 0.358 e. The molecular formula is C23H36N6O4S. The van der Waals surface area contributed by atoms with Crippen molar-refractivity contribution in [2.24, 2.45) is 0 Å². The Balaban J connectivity index is 0.00000158. The average Bonchev–Trinajstić information content (AvgIpc) is 3.42. The van der Waals surface area contributed by atoms with Gasteiger partial charge in [-0.3, -0.25) is 4.21 Å². The lowest BCUT2D eigenvalue weighted by molar-refractivity contribution is 0.0520. The van der Waals surface area contributed by atoms with E-state index < -0.39 is 16.8 Å². The Morgan fingerprint density at radius 3 is 2.74 bits per heavy atom. The number of aryl methyl sites for hydroxylation is 2. The van der Waals surface area contributed by atoms with Crippen molar-refractivity contribution in [1.82, 2.24) is 19.5 Å². The highest BCUT2D eigenvalue weighted by molar-refractivity contribution is 7.85. The third kappa shape index (κ3) is 6.12. The molecule has 2 aromatic heterocycles. The number of fused-ring (bicyclic) bond motifs is 1. The lowest BCUT2D eigenvalue weighted by Gasteiger charge is -2.25. The molecule has 2 aliphatic rings. The van der Waals surface area contributed by atoms with E-state index in [1.807, 2.05) is 37.3 Å². The number of esters is 1. The van der Waals surface area contributed by atoms with Crippen LogP contribution >= 0.6 is 0 Å². The topological polar surface area (TPSA) is 111 Å². The van der Waals surface area contributed by atoms with E-state index in [4.69, 9.17) is 19.4 Å². The Bertz CT molecular complexity index is 1010. The molecule has 10 nitrogen and oxygen atoms in total. The van der Waals surface area contributed by atoms with Crippen molar-refractivity contribution in [2.75, 3.05) is 49.4 Å². The molecule has 1 atom stereocenters. The van der Waals surface area contributed by atoms with Gasteiger partial charge in [-0.2, -0.15) is 4.98 Å². The first-order valence-electron chi connectivity index (χ1n) is 12.0. The maximum atomic E-state index is 12.6. The van der Waals surface area contributed by atoms with Crippen molar-refractivity contribution in [3.8, 4) is 0 Å². The summed E-state index contributed by atoms with van der Waals surface area (Å²) in [5, 5.41) is 3.50. The van der Waals surface area contributed by atoms with Gasteiger partial charge >= 0.3 is 5.97 Å². The second kappa shape index (κ2) is 12.3. The minimum atomic E-state index is -1.07. The van der Waals surface area contributed by atoms with E-state index in [9.17, 15) is 9.00 Å². The number of hydrogen-bond acceptors (Lipinski definition) is 9. The van der Waals surface area contributed by atoms with Crippen molar-refractivity contribution in [1.29, 1.82) is 0 Å². The molecule has 188 valence electrons. The minimum absolute atomic E-state index is 0.258. The van der Waals surface area contributed by atoms with Crippen LogP contribution in [0.15, 0.2) is 11.1 Å². The molecule has 4 rings (SSSR count). The van der Waals surface area contributed by atoms with Crippen LogP contribution in [0.25, 0.3) is 0 Å². The molecule has 1 fully saturated rings. The van der Waals surface area contributed by atoms with Gasteiger partial charge in [0.05, 0.1) is 23.1 Å². The van der Waals surface area contributed by atoms with Crippen LogP contribution in [-0.2, 0) is 33.2 Å². The van der Waals surface area contributed by atoms with Gasteiger partial charge in [-0.25, -0.2) is 14.8 Å². The summed E-state index contributed by atoms with van der Waals surface area (Å²) >= 11 is 0. The lowest BCUT2D eigenvalue weighted by atomic mass is 10.1. The zero-order chi connectivity index (χ0) is 24.7. The van der Waals surface area contributed by atoms with Crippen molar-refractivity contribution in [3.05, 3.63) is 23.4 Å². The van der Waals surface area contributed by atoms with Crippen LogP contribution in [0, 0.1) is 6.92 Å². The van der Waals surface area contributed by atoms with Gasteiger partial charge in [-0.05, 0) is 26.7 Å². The molecule has 0 spiro atoms. The van der Waals surface area contributed by atoms with Gasteiger partial charge in [-0.1, -0.05) is 13.8 Å². The molecule has 2 aromatic rings. The fourth-order valence-corrected chi connectivity index (χ4v) is 5.20. The van der Waals surface area contributed by atoms with Crippen molar-refractivity contribution in [3.63, 3.8) is 0 Å². The van der Waals surface area contributed by atoms with Crippen molar-refractivity contribution < 1.29 is 18.5 Å². The molecule has 0 aromatic carbocycles. The standard InChI is InChI=1S/C21H30N6O4S.C2H6/c1-4-31-20(28)17-13-27(14(2)22-17)9-8-26(3)21-24-16-7-12-32(29)18(16)19(25-21)23-15-5-10-30-11-6-15;1-2/h13,15H,4-12H2,1-3H3,(H,23,24,25);1-2H3. The molecule has 0 amide bonds. The number of rotatable bonds is 8. The number of imidazole rings is 1. The molecule has 11 heteroatoms. The van der Waals surface area contributed by atoms with Crippen LogP contribution in [0.2, 0.25) is 0 Å². The molecular weight excluding hydrogens is 456 g/mol. The molecule has 4 heterocycles. The van der Waals surface area contributed by atoms with Crippen LogP contribution in [0.5, 0.6) is 0 Å². The summed E-state index contributed by atoms with van der Waals surface area (Å²) in [6.07, 6.45) is 4.21. The molecule has 34 heavy (non-hydrogen) atoms. The Morgan fingerprint density at radius 2 is 2.03 bits per heavy atom. The maximum absolute atomic E-state index is 12.6. The van der Waals surface area contributed by atoms with Gasteiger partial charge in [0.2, 0.25) is 5.95 Å². The predicted octanol–water partition coefficient (Wildman–Crippen LogP) is 2.58. The largest absolute Gasteiger partial charge is 0.461 e. The lowest BCUT2D eigenvalue weighted by Crippen LogP contribution is -2.30. The summed E-state index contributed by atoms with van der Waals surface area (Å²) in [5.74, 6) is 2.20. The third-order valence-corrected chi connectivity index (χ3v) is 7.18. The third-order valence-electron chi connectivity index (χ3n) is 5.72. The molecule has 2 aliphatic heterocycles. The number of aromatic nitrogens is 4. The van der Waals surface area contributed by atoms with E-state index >= 15 is 0 Å². The van der Waals surface area contributed by atoms with Gasteiger partial charge in [0.1, 0.15) is 16.5 Å². The first kappa shape index (κ1) is 26.1. The SMILES string of the molecule is CC.CCOC(=O)c1cn(CCN(C)c2nc3c(c(NC4CCOCC4)n2)S(=O)CC3)c(C)n1. The number of carbonyl (C=O) groups excluding carboxylic acids is 1. The van der Waals surface area contributed by atoms with E-state index in [1.165, 1.54) is 0 Å². The average molecular weight is 493 g/mol. The second-order valence-corrected chi connectivity index (χ2v) is 9.49. The van der Waals surface area contributed by atoms with Crippen LogP contribution in [-0.4, -0.2) is 74.9 Å².